The lowest BCUT2D eigenvalue weighted by molar-refractivity contribution is 0.0865. The SMILES string of the molecule is CCNC(=O)N1CCN(Cc2ccccc2)CC1c1nc2ccccc2[nH]1. The van der Waals surface area contributed by atoms with E-state index in [1.165, 1.54) is 5.56 Å². The smallest absolute Gasteiger partial charge is 0.318 e. The van der Waals surface area contributed by atoms with Crippen LogP contribution in [0.2, 0.25) is 0 Å². The van der Waals surface area contributed by atoms with Crippen LogP contribution in [-0.4, -0.2) is 52.0 Å². The zero-order valence-electron chi connectivity index (χ0n) is 15.6. The largest absolute Gasteiger partial charge is 0.340 e. The van der Waals surface area contributed by atoms with Crippen molar-refractivity contribution in [2.75, 3.05) is 26.2 Å². The Labute approximate surface area is 159 Å². The van der Waals surface area contributed by atoms with Crippen LogP contribution >= 0.6 is 0 Å². The Kier molecular flexibility index (Phi) is 5.07. The van der Waals surface area contributed by atoms with Crippen LogP contribution in [0.3, 0.4) is 0 Å². The number of aromatic amines is 1. The summed E-state index contributed by atoms with van der Waals surface area (Å²) < 4.78 is 0. The van der Waals surface area contributed by atoms with Crippen LogP contribution in [0.15, 0.2) is 54.6 Å². The minimum absolute atomic E-state index is 0.0256. The molecule has 140 valence electrons. The third-order valence-electron chi connectivity index (χ3n) is 5.03. The highest BCUT2D eigenvalue weighted by Crippen LogP contribution is 2.26. The summed E-state index contributed by atoms with van der Waals surface area (Å²) in [6.07, 6.45) is 0. The van der Waals surface area contributed by atoms with Crippen LogP contribution in [0, 0.1) is 0 Å². The van der Waals surface area contributed by atoms with Crippen molar-refractivity contribution >= 4 is 17.1 Å². The van der Waals surface area contributed by atoms with Crippen molar-refractivity contribution in [3.63, 3.8) is 0 Å². The van der Waals surface area contributed by atoms with Gasteiger partial charge in [-0.3, -0.25) is 4.90 Å². The molecule has 2 N–H and O–H groups in total. The Balaban J connectivity index is 1.60. The van der Waals surface area contributed by atoms with Gasteiger partial charge >= 0.3 is 6.03 Å². The van der Waals surface area contributed by atoms with Crippen molar-refractivity contribution in [3.8, 4) is 0 Å². The summed E-state index contributed by atoms with van der Waals surface area (Å²) >= 11 is 0. The molecule has 27 heavy (non-hydrogen) atoms. The third kappa shape index (κ3) is 3.80. The van der Waals surface area contributed by atoms with Gasteiger partial charge in [-0.25, -0.2) is 9.78 Å². The van der Waals surface area contributed by atoms with Crippen molar-refractivity contribution in [2.24, 2.45) is 0 Å². The number of nitrogens with zero attached hydrogens (tertiary/aromatic N) is 3. The van der Waals surface area contributed by atoms with Crippen LogP contribution in [0.25, 0.3) is 11.0 Å². The minimum Gasteiger partial charge on any atom is -0.340 e. The predicted octanol–water partition coefficient (Wildman–Crippen LogP) is 3.15. The first-order valence-electron chi connectivity index (χ1n) is 9.50. The van der Waals surface area contributed by atoms with Gasteiger partial charge in [0.25, 0.3) is 0 Å². The fourth-order valence-electron chi connectivity index (χ4n) is 3.68. The van der Waals surface area contributed by atoms with Gasteiger partial charge in [0, 0.05) is 32.7 Å². The van der Waals surface area contributed by atoms with Crippen LogP contribution in [0.4, 0.5) is 4.79 Å². The molecule has 1 atom stereocenters. The van der Waals surface area contributed by atoms with E-state index in [-0.39, 0.29) is 12.1 Å². The van der Waals surface area contributed by atoms with E-state index in [0.29, 0.717) is 13.1 Å². The van der Waals surface area contributed by atoms with Crippen LogP contribution in [0.1, 0.15) is 24.4 Å². The lowest BCUT2D eigenvalue weighted by Gasteiger charge is -2.40. The van der Waals surface area contributed by atoms with Crippen LogP contribution in [0.5, 0.6) is 0 Å². The first-order chi connectivity index (χ1) is 13.2. The second kappa shape index (κ2) is 7.80. The summed E-state index contributed by atoms with van der Waals surface area (Å²) in [5.74, 6) is 0.847. The van der Waals surface area contributed by atoms with E-state index < -0.39 is 0 Å². The maximum atomic E-state index is 12.6. The highest BCUT2D eigenvalue weighted by Gasteiger charge is 2.33. The number of hydrogen-bond acceptors (Lipinski definition) is 3. The quantitative estimate of drug-likeness (QED) is 0.748. The Morgan fingerprint density at radius 2 is 1.93 bits per heavy atom. The minimum atomic E-state index is -0.0959. The maximum Gasteiger partial charge on any atom is 0.318 e. The van der Waals surface area contributed by atoms with Crippen LogP contribution in [-0.2, 0) is 6.54 Å². The van der Waals surface area contributed by atoms with Gasteiger partial charge in [0.1, 0.15) is 11.9 Å². The topological polar surface area (TPSA) is 64.3 Å². The number of amides is 2. The molecule has 0 radical (unpaired) electrons. The molecule has 2 aromatic carbocycles. The van der Waals surface area contributed by atoms with Crippen LogP contribution < -0.4 is 5.32 Å². The molecule has 6 heteroatoms. The summed E-state index contributed by atoms with van der Waals surface area (Å²) in [5, 5.41) is 2.94. The molecular weight excluding hydrogens is 338 g/mol. The van der Waals surface area contributed by atoms with E-state index >= 15 is 0 Å². The van der Waals surface area contributed by atoms with Crippen molar-refractivity contribution < 1.29 is 4.79 Å². The first kappa shape index (κ1) is 17.5. The summed E-state index contributed by atoms with van der Waals surface area (Å²) in [4.78, 5) is 25.1. The Morgan fingerprint density at radius 3 is 2.70 bits per heavy atom. The average molecular weight is 363 g/mol. The highest BCUT2D eigenvalue weighted by molar-refractivity contribution is 5.76. The maximum absolute atomic E-state index is 12.6. The predicted molar refractivity (Wildman–Crippen MR) is 106 cm³/mol. The molecular formula is C21H25N5O. The zero-order valence-corrected chi connectivity index (χ0v) is 15.6. The molecule has 0 saturated carbocycles. The number of rotatable bonds is 4. The molecule has 1 aliphatic rings. The van der Waals surface area contributed by atoms with E-state index in [0.717, 1.165) is 36.5 Å². The molecule has 1 aromatic heterocycles. The number of aromatic nitrogens is 2. The number of piperazine rings is 1. The molecule has 2 heterocycles. The summed E-state index contributed by atoms with van der Waals surface area (Å²) in [6, 6.07) is 18.3. The van der Waals surface area contributed by atoms with E-state index in [1.54, 1.807) is 0 Å². The summed E-state index contributed by atoms with van der Waals surface area (Å²) in [5.41, 5.74) is 3.22. The van der Waals surface area contributed by atoms with Crippen molar-refractivity contribution in [1.82, 2.24) is 25.1 Å². The molecule has 1 unspecified atom stereocenters. The molecule has 1 fully saturated rings. The van der Waals surface area contributed by atoms with Gasteiger partial charge in [-0.2, -0.15) is 0 Å². The monoisotopic (exact) mass is 363 g/mol. The number of imidazole rings is 1. The number of nitrogens with one attached hydrogen (secondary N) is 2. The Morgan fingerprint density at radius 1 is 1.15 bits per heavy atom. The average Bonchev–Trinajstić information content (AvgIpc) is 3.13. The molecule has 1 aliphatic heterocycles. The highest BCUT2D eigenvalue weighted by atomic mass is 16.2. The number of H-pyrrole nitrogens is 1. The van der Waals surface area contributed by atoms with Gasteiger partial charge in [-0.1, -0.05) is 42.5 Å². The first-order valence-corrected chi connectivity index (χ1v) is 9.50. The summed E-state index contributed by atoms with van der Waals surface area (Å²) in [6.45, 7) is 5.73. The van der Waals surface area contributed by atoms with E-state index in [9.17, 15) is 4.79 Å². The number of urea groups is 1. The number of para-hydroxylation sites is 2. The summed E-state index contributed by atoms with van der Waals surface area (Å²) in [7, 11) is 0. The normalized spacial score (nSPS) is 18.0. The van der Waals surface area contributed by atoms with E-state index in [4.69, 9.17) is 4.98 Å². The molecule has 4 rings (SSSR count). The van der Waals surface area contributed by atoms with Crippen molar-refractivity contribution in [3.05, 3.63) is 66.0 Å². The molecule has 6 nitrogen and oxygen atoms in total. The van der Waals surface area contributed by atoms with Crippen molar-refractivity contribution in [2.45, 2.75) is 19.5 Å². The number of carbonyl (C=O) groups is 1. The van der Waals surface area contributed by atoms with Gasteiger partial charge in [-0.05, 0) is 24.6 Å². The number of carbonyl (C=O) groups excluding carboxylic acids is 1. The fourth-order valence-corrected chi connectivity index (χ4v) is 3.68. The lowest BCUT2D eigenvalue weighted by atomic mass is 10.1. The molecule has 2 amide bonds. The van der Waals surface area contributed by atoms with E-state index in [2.05, 4.69) is 39.5 Å². The second-order valence-electron chi connectivity index (χ2n) is 6.90. The number of hydrogen-bond donors (Lipinski definition) is 2. The zero-order chi connectivity index (χ0) is 18.6. The number of fused-ring (bicyclic) bond motifs is 1. The molecule has 3 aromatic rings. The van der Waals surface area contributed by atoms with Gasteiger partial charge in [0.2, 0.25) is 0 Å². The third-order valence-corrected chi connectivity index (χ3v) is 5.03. The van der Waals surface area contributed by atoms with Gasteiger partial charge in [0.15, 0.2) is 0 Å². The molecule has 0 aliphatic carbocycles. The molecule has 0 spiro atoms. The Hall–Kier alpha value is -2.86. The second-order valence-corrected chi connectivity index (χ2v) is 6.90. The Bertz CT molecular complexity index is 874. The van der Waals surface area contributed by atoms with Crippen molar-refractivity contribution in [1.29, 1.82) is 0 Å². The van der Waals surface area contributed by atoms with Gasteiger partial charge in [0.05, 0.1) is 11.0 Å². The lowest BCUT2D eigenvalue weighted by Crippen LogP contribution is -2.53. The van der Waals surface area contributed by atoms with E-state index in [1.807, 2.05) is 42.2 Å². The number of benzene rings is 2. The van der Waals surface area contributed by atoms with Gasteiger partial charge < -0.3 is 15.2 Å². The molecule has 0 bridgehead atoms. The van der Waals surface area contributed by atoms with Gasteiger partial charge in [-0.15, -0.1) is 0 Å². The standard InChI is InChI=1S/C21H25N5O/c1-2-22-21(27)26-13-12-25(14-16-8-4-3-5-9-16)15-19(26)20-23-17-10-6-7-11-18(17)24-20/h3-11,19H,2,12-15H2,1H3,(H,22,27)(H,23,24). The molecule has 1 saturated heterocycles. The fraction of sp³-hybridized carbons (Fsp3) is 0.333.